The van der Waals surface area contributed by atoms with Crippen molar-refractivity contribution in [1.82, 2.24) is 10.2 Å². The second-order valence-corrected chi connectivity index (χ2v) is 6.51. The van der Waals surface area contributed by atoms with E-state index in [4.69, 9.17) is 0 Å². The molecule has 1 heterocycles. The fourth-order valence-electron chi connectivity index (χ4n) is 3.64. The van der Waals surface area contributed by atoms with Crippen molar-refractivity contribution in [1.29, 1.82) is 0 Å². The second-order valence-electron chi connectivity index (χ2n) is 6.51. The van der Waals surface area contributed by atoms with Crippen LogP contribution in [0.25, 0.3) is 0 Å². The highest BCUT2D eigenvalue weighted by Gasteiger charge is 2.24. The first-order valence-corrected chi connectivity index (χ1v) is 8.37. The Morgan fingerprint density at radius 1 is 1.14 bits per heavy atom. The molecule has 1 aromatic carbocycles. The minimum atomic E-state index is 0. The number of piperazine rings is 1. The fraction of sp³-hybridized carbons (Fsp3) is 0.611. The number of nitrogens with one attached hydrogen (secondary N) is 1. The molecular weight excluding hydrogens is 296 g/mol. The fourth-order valence-corrected chi connectivity index (χ4v) is 3.64. The average molecular weight is 323 g/mol. The average Bonchev–Trinajstić information content (AvgIpc) is 2.56. The summed E-state index contributed by atoms with van der Waals surface area (Å²) in [6, 6.07) is 8.69. The predicted octanol–water partition coefficient (Wildman–Crippen LogP) is 3.59. The number of carbonyl (C=O) groups excluding carboxylic acids is 1. The topological polar surface area (TPSA) is 32.3 Å². The summed E-state index contributed by atoms with van der Waals surface area (Å²) < 4.78 is 0. The number of halogens is 1. The van der Waals surface area contributed by atoms with E-state index in [0.717, 1.165) is 25.2 Å². The molecular formula is C18H27ClN2O. The van der Waals surface area contributed by atoms with Gasteiger partial charge in [0.25, 0.3) is 5.91 Å². The van der Waals surface area contributed by atoms with Gasteiger partial charge in [0.2, 0.25) is 0 Å². The minimum absolute atomic E-state index is 0. The van der Waals surface area contributed by atoms with Gasteiger partial charge in [-0.1, -0.05) is 31.4 Å². The summed E-state index contributed by atoms with van der Waals surface area (Å²) in [6.45, 7) is 4.72. The van der Waals surface area contributed by atoms with Gasteiger partial charge in [0, 0.05) is 31.2 Å². The van der Waals surface area contributed by atoms with E-state index in [1.165, 1.54) is 37.7 Å². The molecule has 3 nitrogen and oxygen atoms in total. The molecule has 1 atom stereocenters. The Morgan fingerprint density at radius 3 is 2.45 bits per heavy atom. The Kier molecular flexibility index (Phi) is 6.27. The standard InChI is InChI=1S/C18H26N2O.ClH/c1-14-13-19-11-12-20(14)18(21)17-9-7-16(8-10-17)15-5-3-2-4-6-15;/h7-10,14-15,19H,2-6,11-13H2,1H3;1H/t14-;/m1./s1. The maximum Gasteiger partial charge on any atom is 0.254 e. The highest BCUT2D eigenvalue weighted by Crippen LogP contribution is 2.32. The molecule has 0 bridgehead atoms. The van der Waals surface area contributed by atoms with Gasteiger partial charge in [0.1, 0.15) is 0 Å². The van der Waals surface area contributed by atoms with Crippen LogP contribution >= 0.6 is 12.4 Å². The number of hydrogen-bond donors (Lipinski definition) is 1. The predicted molar refractivity (Wildman–Crippen MR) is 92.9 cm³/mol. The molecule has 0 spiro atoms. The van der Waals surface area contributed by atoms with Crippen LogP contribution in [0.1, 0.15) is 60.9 Å². The van der Waals surface area contributed by atoms with Crippen molar-refractivity contribution in [2.45, 2.75) is 51.0 Å². The summed E-state index contributed by atoms with van der Waals surface area (Å²) in [4.78, 5) is 14.6. The molecule has 22 heavy (non-hydrogen) atoms. The first-order valence-electron chi connectivity index (χ1n) is 8.37. The third-order valence-electron chi connectivity index (χ3n) is 5.00. The van der Waals surface area contributed by atoms with E-state index in [1.54, 1.807) is 0 Å². The van der Waals surface area contributed by atoms with Gasteiger partial charge in [-0.2, -0.15) is 0 Å². The summed E-state index contributed by atoms with van der Waals surface area (Å²) >= 11 is 0. The van der Waals surface area contributed by atoms with Crippen LogP contribution in [0.3, 0.4) is 0 Å². The third kappa shape index (κ3) is 3.82. The highest BCUT2D eigenvalue weighted by molar-refractivity contribution is 5.94. The lowest BCUT2D eigenvalue weighted by Crippen LogP contribution is -2.52. The van der Waals surface area contributed by atoms with Gasteiger partial charge in [-0.25, -0.2) is 0 Å². The van der Waals surface area contributed by atoms with E-state index in [1.807, 2.05) is 17.0 Å². The van der Waals surface area contributed by atoms with Crippen LogP contribution in [-0.2, 0) is 0 Å². The van der Waals surface area contributed by atoms with Crippen molar-refractivity contribution in [2.75, 3.05) is 19.6 Å². The van der Waals surface area contributed by atoms with Gasteiger partial charge < -0.3 is 10.2 Å². The molecule has 1 aliphatic carbocycles. The Morgan fingerprint density at radius 2 is 1.82 bits per heavy atom. The first kappa shape index (κ1) is 17.3. The smallest absolute Gasteiger partial charge is 0.254 e. The zero-order valence-electron chi connectivity index (χ0n) is 13.4. The molecule has 1 aromatic rings. The van der Waals surface area contributed by atoms with E-state index in [9.17, 15) is 4.79 Å². The summed E-state index contributed by atoms with van der Waals surface area (Å²) in [5.41, 5.74) is 2.25. The molecule has 0 aromatic heterocycles. The SMILES string of the molecule is C[C@@H]1CNCCN1C(=O)c1ccc(C2CCCCC2)cc1.Cl. The van der Waals surface area contributed by atoms with Crippen molar-refractivity contribution >= 4 is 18.3 Å². The maximum atomic E-state index is 12.6. The van der Waals surface area contributed by atoms with Crippen LogP contribution in [0.2, 0.25) is 0 Å². The number of amides is 1. The zero-order chi connectivity index (χ0) is 14.7. The first-order chi connectivity index (χ1) is 10.3. The summed E-state index contributed by atoms with van der Waals surface area (Å²) in [7, 11) is 0. The van der Waals surface area contributed by atoms with Crippen molar-refractivity contribution in [3.8, 4) is 0 Å². The van der Waals surface area contributed by atoms with Crippen LogP contribution in [0, 0.1) is 0 Å². The third-order valence-corrected chi connectivity index (χ3v) is 5.00. The molecule has 2 fully saturated rings. The van der Waals surface area contributed by atoms with Gasteiger partial charge >= 0.3 is 0 Å². The molecule has 1 saturated carbocycles. The Hall–Kier alpha value is -1.06. The van der Waals surface area contributed by atoms with Crippen LogP contribution in [0.4, 0.5) is 0 Å². The van der Waals surface area contributed by atoms with E-state index < -0.39 is 0 Å². The number of rotatable bonds is 2. The van der Waals surface area contributed by atoms with Crippen LogP contribution in [-0.4, -0.2) is 36.5 Å². The maximum absolute atomic E-state index is 12.6. The lowest BCUT2D eigenvalue weighted by molar-refractivity contribution is 0.0655. The Labute approximate surface area is 139 Å². The lowest BCUT2D eigenvalue weighted by Gasteiger charge is -2.34. The Balaban J connectivity index is 0.00000176. The minimum Gasteiger partial charge on any atom is -0.333 e. The highest BCUT2D eigenvalue weighted by atomic mass is 35.5. The van der Waals surface area contributed by atoms with Gasteiger partial charge in [-0.15, -0.1) is 12.4 Å². The number of carbonyl (C=O) groups is 1. The second kappa shape index (κ2) is 7.98. The monoisotopic (exact) mass is 322 g/mol. The zero-order valence-corrected chi connectivity index (χ0v) is 14.2. The quantitative estimate of drug-likeness (QED) is 0.902. The van der Waals surface area contributed by atoms with Crippen molar-refractivity contribution in [3.63, 3.8) is 0 Å². The van der Waals surface area contributed by atoms with E-state index >= 15 is 0 Å². The van der Waals surface area contributed by atoms with Crippen molar-refractivity contribution < 1.29 is 4.79 Å². The van der Waals surface area contributed by atoms with E-state index in [-0.39, 0.29) is 24.4 Å². The van der Waals surface area contributed by atoms with Gasteiger partial charge in [0.05, 0.1) is 0 Å². The van der Waals surface area contributed by atoms with E-state index in [2.05, 4.69) is 24.4 Å². The van der Waals surface area contributed by atoms with Crippen LogP contribution < -0.4 is 5.32 Å². The summed E-state index contributed by atoms with van der Waals surface area (Å²) in [5.74, 6) is 0.889. The van der Waals surface area contributed by atoms with Crippen LogP contribution in [0.5, 0.6) is 0 Å². The molecule has 0 radical (unpaired) electrons. The molecule has 1 saturated heterocycles. The molecule has 1 N–H and O–H groups in total. The molecule has 3 rings (SSSR count). The van der Waals surface area contributed by atoms with Gasteiger partial charge in [-0.3, -0.25) is 4.79 Å². The normalized spacial score (nSPS) is 23.0. The molecule has 4 heteroatoms. The van der Waals surface area contributed by atoms with Crippen LogP contribution in [0.15, 0.2) is 24.3 Å². The van der Waals surface area contributed by atoms with Gasteiger partial charge in [0.15, 0.2) is 0 Å². The van der Waals surface area contributed by atoms with Crippen molar-refractivity contribution in [3.05, 3.63) is 35.4 Å². The number of benzene rings is 1. The lowest BCUT2D eigenvalue weighted by atomic mass is 9.84. The van der Waals surface area contributed by atoms with Gasteiger partial charge in [-0.05, 0) is 43.4 Å². The summed E-state index contributed by atoms with van der Waals surface area (Å²) in [5, 5.41) is 3.33. The summed E-state index contributed by atoms with van der Waals surface area (Å²) in [6.07, 6.45) is 6.70. The molecule has 1 aliphatic heterocycles. The molecule has 1 amide bonds. The largest absolute Gasteiger partial charge is 0.333 e. The number of nitrogens with zero attached hydrogens (tertiary/aromatic N) is 1. The Bertz CT molecular complexity index is 482. The molecule has 0 unspecified atom stereocenters. The van der Waals surface area contributed by atoms with Crippen molar-refractivity contribution in [2.24, 2.45) is 0 Å². The van der Waals surface area contributed by atoms with E-state index in [0.29, 0.717) is 5.92 Å². The molecule has 122 valence electrons. The number of hydrogen-bond acceptors (Lipinski definition) is 2. The molecule has 2 aliphatic rings.